The van der Waals surface area contributed by atoms with Crippen molar-refractivity contribution in [1.29, 1.82) is 0 Å². The van der Waals surface area contributed by atoms with Gasteiger partial charge in [-0.25, -0.2) is 4.79 Å². The molecule has 0 bridgehead atoms. The Morgan fingerprint density at radius 2 is 1.59 bits per heavy atom. The number of benzene rings is 2. The number of hydrogen-bond donors (Lipinski definition) is 0. The van der Waals surface area contributed by atoms with E-state index in [0.717, 1.165) is 11.1 Å². The Bertz CT molecular complexity index is 1310. The summed E-state index contributed by atoms with van der Waals surface area (Å²) >= 11 is 0. The van der Waals surface area contributed by atoms with Crippen molar-refractivity contribution in [2.45, 2.75) is 31.6 Å². The maximum atomic E-state index is 13.8. The van der Waals surface area contributed by atoms with E-state index in [9.17, 15) is 14.4 Å². The van der Waals surface area contributed by atoms with Crippen molar-refractivity contribution in [2.24, 2.45) is 10.9 Å². The Kier molecular flexibility index (Phi) is 8.81. The average Bonchev–Trinajstić information content (AvgIpc) is 2.95. The number of ketones is 1. The van der Waals surface area contributed by atoms with Crippen LogP contribution in [0.25, 0.3) is 0 Å². The number of esters is 2. The molecular weight excluding hydrogens is 502 g/mol. The van der Waals surface area contributed by atoms with E-state index >= 15 is 0 Å². The number of ether oxygens (including phenoxy) is 5. The molecule has 1 heterocycles. The molecule has 2 aromatic rings. The van der Waals surface area contributed by atoms with Gasteiger partial charge in [-0.05, 0) is 54.7 Å². The van der Waals surface area contributed by atoms with Crippen LogP contribution < -0.4 is 9.47 Å². The Labute approximate surface area is 227 Å². The number of allylic oxidation sites excluding steroid dienone is 2. The van der Waals surface area contributed by atoms with Crippen molar-refractivity contribution in [3.05, 3.63) is 70.4 Å². The quantitative estimate of drug-likeness (QED) is 0.346. The molecule has 0 saturated carbocycles. The fraction of sp³-hybridized carbons (Fsp3) is 0.400. The largest absolute Gasteiger partial charge is 0.493 e. The Morgan fingerprint density at radius 3 is 2.23 bits per heavy atom. The van der Waals surface area contributed by atoms with Gasteiger partial charge in [0.2, 0.25) is 0 Å². The molecule has 9 nitrogen and oxygen atoms in total. The Morgan fingerprint density at radius 1 is 0.897 bits per heavy atom. The molecular formula is C30H33NO8. The molecule has 0 aromatic heterocycles. The minimum Gasteiger partial charge on any atom is -0.493 e. The highest BCUT2D eigenvalue weighted by Gasteiger charge is 2.44. The van der Waals surface area contributed by atoms with Gasteiger partial charge < -0.3 is 23.7 Å². The monoisotopic (exact) mass is 535 g/mol. The van der Waals surface area contributed by atoms with E-state index in [-0.39, 0.29) is 31.3 Å². The summed E-state index contributed by atoms with van der Waals surface area (Å²) in [6, 6.07) is 12.4. The van der Waals surface area contributed by atoms with Crippen molar-refractivity contribution >= 4 is 23.4 Å². The molecule has 206 valence electrons. The maximum Gasteiger partial charge on any atom is 0.337 e. The number of aliphatic imine (C=N–C) groups is 1. The molecule has 9 heteroatoms. The summed E-state index contributed by atoms with van der Waals surface area (Å²) in [7, 11) is 5.99. The van der Waals surface area contributed by atoms with Gasteiger partial charge in [0.15, 0.2) is 17.3 Å². The average molecular weight is 536 g/mol. The normalized spacial score (nSPS) is 20.6. The lowest BCUT2D eigenvalue weighted by molar-refractivity contribution is -0.147. The van der Waals surface area contributed by atoms with Gasteiger partial charge in [-0.1, -0.05) is 18.2 Å². The number of Topliss-reactive ketones (excluding diaryl/α,β-unsaturated/α-hetero) is 1. The summed E-state index contributed by atoms with van der Waals surface area (Å²) < 4.78 is 26.2. The van der Waals surface area contributed by atoms with Crippen LogP contribution in [0.2, 0.25) is 0 Å². The van der Waals surface area contributed by atoms with Crippen molar-refractivity contribution in [3.8, 4) is 11.5 Å². The van der Waals surface area contributed by atoms with Crippen LogP contribution in [0.3, 0.4) is 0 Å². The first-order valence-corrected chi connectivity index (χ1v) is 12.7. The first kappa shape index (κ1) is 28.0. The van der Waals surface area contributed by atoms with Crippen LogP contribution in [0, 0.1) is 5.92 Å². The third kappa shape index (κ3) is 5.73. The summed E-state index contributed by atoms with van der Waals surface area (Å²) in [6.45, 7) is 2.13. The SMILES string of the molecule is COCCOC(=O)C1C(C)=NC2=C(C(=O)C[C@H](c3ccc(OC)c(OC)c3)C2)[C@H]1c1ccc(C(=O)OC)cc1. The van der Waals surface area contributed by atoms with Crippen LogP contribution in [0.15, 0.2) is 58.7 Å². The first-order valence-electron chi connectivity index (χ1n) is 12.7. The van der Waals surface area contributed by atoms with Crippen molar-refractivity contribution in [2.75, 3.05) is 41.7 Å². The van der Waals surface area contributed by atoms with E-state index < -0.39 is 23.8 Å². The molecule has 0 spiro atoms. The number of hydrogen-bond acceptors (Lipinski definition) is 9. The van der Waals surface area contributed by atoms with E-state index in [1.165, 1.54) is 14.2 Å². The van der Waals surface area contributed by atoms with Gasteiger partial charge in [-0.15, -0.1) is 0 Å². The molecule has 0 saturated heterocycles. The molecule has 0 N–H and O–H groups in total. The van der Waals surface area contributed by atoms with Crippen molar-refractivity contribution < 1.29 is 38.1 Å². The highest BCUT2D eigenvalue weighted by Crippen LogP contribution is 2.47. The molecule has 3 atom stereocenters. The zero-order chi connectivity index (χ0) is 28.1. The Balaban J connectivity index is 1.74. The van der Waals surface area contributed by atoms with E-state index in [4.69, 9.17) is 28.7 Å². The minimum atomic E-state index is -0.786. The number of rotatable bonds is 9. The standard InChI is InChI=1S/C30H33NO8/c1-17-26(30(34)39-13-12-35-2)27(18-6-8-19(9-7-18)29(33)38-5)28-22(31-17)14-21(15-23(28)32)20-10-11-24(36-3)25(16-20)37-4/h6-11,16,21,26-27H,12-15H2,1-5H3/t21-,26?,27+/m1/s1. The van der Waals surface area contributed by atoms with E-state index in [0.29, 0.717) is 40.5 Å². The zero-order valence-electron chi connectivity index (χ0n) is 22.8. The van der Waals surface area contributed by atoms with Crippen LogP contribution in [-0.4, -0.2) is 65.1 Å². The number of carbonyl (C=O) groups is 3. The molecule has 0 radical (unpaired) electrons. The highest BCUT2D eigenvalue weighted by atomic mass is 16.6. The van der Waals surface area contributed by atoms with Gasteiger partial charge in [-0.2, -0.15) is 0 Å². The third-order valence-electron chi connectivity index (χ3n) is 7.24. The second kappa shape index (κ2) is 12.3. The number of carbonyl (C=O) groups excluding carboxylic acids is 3. The van der Waals surface area contributed by atoms with Gasteiger partial charge in [0.25, 0.3) is 0 Å². The number of methoxy groups -OCH3 is 4. The maximum absolute atomic E-state index is 13.8. The molecule has 1 aliphatic heterocycles. The van der Waals surface area contributed by atoms with Crippen molar-refractivity contribution in [3.63, 3.8) is 0 Å². The third-order valence-corrected chi connectivity index (χ3v) is 7.24. The van der Waals surface area contributed by atoms with Gasteiger partial charge in [0, 0.05) is 36.4 Å². The molecule has 4 rings (SSSR count). The second-order valence-corrected chi connectivity index (χ2v) is 9.49. The van der Waals surface area contributed by atoms with Gasteiger partial charge in [0.05, 0.1) is 33.5 Å². The summed E-state index contributed by atoms with van der Waals surface area (Å²) in [5, 5.41) is 0. The summed E-state index contributed by atoms with van der Waals surface area (Å²) in [4.78, 5) is 43.9. The molecule has 0 amide bonds. The molecule has 39 heavy (non-hydrogen) atoms. The van der Waals surface area contributed by atoms with Crippen LogP contribution in [-0.2, 0) is 23.8 Å². The van der Waals surface area contributed by atoms with Gasteiger partial charge in [0.1, 0.15) is 12.5 Å². The van der Waals surface area contributed by atoms with Crippen LogP contribution >= 0.6 is 0 Å². The highest BCUT2D eigenvalue weighted by molar-refractivity contribution is 6.09. The topological polar surface area (TPSA) is 110 Å². The smallest absolute Gasteiger partial charge is 0.337 e. The predicted molar refractivity (Wildman–Crippen MR) is 144 cm³/mol. The molecule has 1 unspecified atom stereocenters. The molecule has 1 aliphatic carbocycles. The minimum absolute atomic E-state index is 0.0796. The fourth-order valence-electron chi connectivity index (χ4n) is 5.33. The van der Waals surface area contributed by atoms with Crippen molar-refractivity contribution in [1.82, 2.24) is 0 Å². The first-order chi connectivity index (χ1) is 18.8. The lowest BCUT2D eigenvalue weighted by Gasteiger charge is -2.36. The molecule has 2 aliphatic rings. The van der Waals surface area contributed by atoms with Crippen LogP contribution in [0.1, 0.15) is 53.1 Å². The lowest BCUT2D eigenvalue weighted by Crippen LogP contribution is -2.38. The summed E-state index contributed by atoms with van der Waals surface area (Å²) in [5.74, 6) is -1.32. The van der Waals surface area contributed by atoms with Gasteiger partial charge >= 0.3 is 11.9 Å². The zero-order valence-corrected chi connectivity index (χ0v) is 22.8. The summed E-state index contributed by atoms with van der Waals surface area (Å²) in [6.07, 6.45) is 0.779. The van der Waals surface area contributed by atoms with Gasteiger partial charge in [-0.3, -0.25) is 14.6 Å². The Hall–Kier alpha value is -3.98. The summed E-state index contributed by atoms with van der Waals surface area (Å²) in [5.41, 5.74) is 3.78. The fourth-order valence-corrected chi connectivity index (χ4v) is 5.33. The number of nitrogens with zero attached hydrogens (tertiary/aromatic N) is 1. The predicted octanol–water partition coefficient (Wildman–Crippen LogP) is 4.26. The van der Waals surface area contributed by atoms with E-state index in [1.54, 1.807) is 45.4 Å². The van der Waals surface area contributed by atoms with Crippen LogP contribution in [0.4, 0.5) is 0 Å². The molecule has 2 aromatic carbocycles. The van der Waals surface area contributed by atoms with E-state index in [1.807, 2.05) is 18.2 Å². The van der Waals surface area contributed by atoms with Crippen LogP contribution in [0.5, 0.6) is 11.5 Å². The lowest BCUT2D eigenvalue weighted by atomic mass is 9.69. The molecule has 0 fully saturated rings. The second-order valence-electron chi connectivity index (χ2n) is 9.49. The van der Waals surface area contributed by atoms with E-state index in [2.05, 4.69) is 0 Å².